The van der Waals surface area contributed by atoms with Gasteiger partial charge in [-0.1, -0.05) is 26.3 Å². The van der Waals surface area contributed by atoms with Crippen LogP contribution in [0.5, 0.6) is 0 Å². The first-order valence-electron chi connectivity index (χ1n) is 6.65. The van der Waals surface area contributed by atoms with E-state index in [0.717, 1.165) is 6.42 Å². The maximum Gasteiger partial charge on any atom is 0.0897 e. The average molecular weight is 271 g/mol. The van der Waals surface area contributed by atoms with Crippen LogP contribution in [0, 0.1) is 5.92 Å². The topological polar surface area (TPSA) is 41.5 Å². The molecule has 0 bridgehead atoms. The van der Waals surface area contributed by atoms with Crippen LogP contribution in [0.3, 0.4) is 0 Å². The first-order chi connectivity index (χ1) is 8.63. The van der Waals surface area contributed by atoms with Crippen LogP contribution in [-0.2, 0) is 11.3 Å². The van der Waals surface area contributed by atoms with Crippen LogP contribution in [0.1, 0.15) is 32.1 Å². The monoisotopic (exact) mass is 271 g/mol. The van der Waals surface area contributed by atoms with Crippen molar-refractivity contribution < 1.29 is 9.84 Å². The highest BCUT2D eigenvalue weighted by molar-refractivity contribution is 7.09. The Hall–Kier alpha value is -0.420. The van der Waals surface area contributed by atoms with Gasteiger partial charge < -0.3 is 15.2 Å². The summed E-state index contributed by atoms with van der Waals surface area (Å²) >= 11 is 1.68. The van der Waals surface area contributed by atoms with Crippen molar-refractivity contribution in [2.24, 2.45) is 5.92 Å². The average Bonchev–Trinajstić information content (AvgIpc) is 2.88. The second-order valence-corrected chi connectivity index (χ2v) is 5.86. The number of hydrogen-bond donors (Lipinski definition) is 2. The predicted octanol–water partition coefficient (Wildman–Crippen LogP) is 2.65. The lowest BCUT2D eigenvalue weighted by Gasteiger charge is -2.21. The fourth-order valence-electron chi connectivity index (χ4n) is 1.63. The van der Waals surface area contributed by atoms with Crippen molar-refractivity contribution in [3.05, 3.63) is 22.4 Å². The zero-order chi connectivity index (χ0) is 13.4. The van der Waals surface area contributed by atoms with Crippen molar-refractivity contribution in [2.45, 2.75) is 45.9 Å². The van der Waals surface area contributed by atoms with E-state index in [9.17, 15) is 5.11 Å². The summed E-state index contributed by atoms with van der Waals surface area (Å²) in [5, 5.41) is 15.2. The SMILES string of the molecule is CCC(C)C(C)NCC(O)COCc1cccs1. The Morgan fingerprint density at radius 1 is 1.44 bits per heavy atom. The van der Waals surface area contributed by atoms with Crippen molar-refractivity contribution in [1.29, 1.82) is 0 Å². The van der Waals surface area contributed by atoms with Gasteiger partial charge in [-0.05, 0) is 24.3 Å². The van der Waals surface area contributed by atoms with E-state index >= 15 is 0 Å². The van der Waals surface area contributed by atoms with Crippen LogP contribution in [0.2, 0.25) is 0 Å². The minimum atomic E-state index is -0.434. The van der Waals surface area contributed by atoms with Gasteiger partial charge in [0.2, 0.25) is 0 Å². The minimum absolute atomic E-state index is 0.387. The summed E-state index contributed by atoms with van der Waals surface area (Å²) in [6, 6.07) is 4.48. The first-order valence-corrected chi connectivity index (χ1v) is 7.53. The van der Waals surface area contributed by atoms with E-state index in [-0.39, 0.29) is 0 Å². The zero-order valence-corrected chi connectivity index (χ0v) is 12.4. The van der Waals surface area contributed by atoms with E-state index in [2.05, 4.69) is 26.1 Å². The molecule has 0 spiro atoms. The number of thiophene rings is 1. The van der Waals surface area contributed by atoms with Gasteiger partial charge in [0.1, 0.15) is 0 Å². The molecule has 0 amide bonds. The third-order valence-corrected chi connectivity index (χ3v) is 4.16. The van der Waals surface area contributed by atoms with Gasteiger partial charge in [-0.2, -0.15) is 0 Å². The van der Waals surface area contributed by atoms with Crippen molar-refractivity contribution in [2.75, 3.05) is 13.2 Å². The number of aliphatic hydroxyl groups is 1. The fourth-order valence-corrected chi connectivity index (χ4v) is 2.27. The molecule has 1 heterocycles. The van der Waals surface area contributed by atoms with Gasteiger partial charge in [-0.15, -0.1) is 11.3 Å². The Balaban J connectivity index is 2.08. The Labute approximate surface area is 114 Å². The molecule has 3 unspecified atom stereocenters. The highest BCUT2D eigenvalue weighted by atomic mass is 32.1. The standard InChI is InChI=1S/C14H25NO2S/c1-4-11(2)12(3)15-8-13(16)9-17-10-14-6-5-7-18-14/h5-7,11-13,15-16H,4,8-10H2,1-3H3. The Morgan fingerprint density at radius 2 is 2.22 bits per heavy atom. The van der Waals surface area contributed by atoms with Crippen LogP contribution in [-0.4, -0.2) is 30.4 Å². The summed E-state index contributed by atoms with van der Waals surface area (Å²) in [5.74, 6) is 0.629. The molecule has 1 aromatic rings. The molecule has 0 saturated heterocycles. The maximum atomic E-state index is 9.80. The van der Waals surface area contributed by atoms with Crippen molar-refractivity contribution in [3.63, 3.8) is 0 Å². The van der Waals surface area contributed by atoms with E-state index in [1.54, 1.807) is 11.3 Å². The minimum Gasteiger partial charge on any atom is -0.389 e. The summed E-state index contributed by atoms with van der Waals surface area (Å²) in [6.45, 7) is 8.14. The Kier molecular flexibility index (Phi) is 7.51. The van der Waals surface area contributed by atoms with Crippen LogP contribution >= 0.6 is 11.3 Å². The van der Waals surface area contributed by atoms with Crippen LogP contribution in [0.25, 0.3) is 0 Å². The third-order valence-electron chi connectivity index (χ3n) is 3.31. The number of rotatable bonds is 9. The summed E-state index contributed by atoms with van der Waals surface area (Å²) in [5.41, 5.74) is 0. The Bertz CT molecular complexity index is 303. The van der Waals surface area contributed by atoms with Crippen LogP contribution in [0.15, 0.2) is 17.5 Å². The molecule has 0 fully saturated rings. The van der Waals surface area contributed by atoms with Crippen LogP contribution in [0.4, 0.5) is 0 Å². The largest absolute Gasteiger partial charge is 0.389 e. The molecule has 3 nitrogen and oxygen atoms in total. The van der Waals surface area contributed by atoms with E-state index in [4.69, 9.17) is 4.74 Å². The lowest BCUT2D eigenvalue weighted by Crippen LogP contribution is -2.39. The summed E-state index contributed by atoms with van der Waals surface area (Å²) in [7, 11) is 0. The number of aliphatic hydroxyl groups excluding tert-OH is 1. The molecular weight excluding hydrogens is 246 g/mol. The van der Waals surface area contributed by atoms with Gasteiger partial charge >= 0.3 is 0 Å². The van der Waals surface area contributed by atoms with Gasteiger partial charge in [0.05, 0.1) is 19.3 Å². The van der Waals surface area contributed by atoms with Gasteiger partial charge in [0, 0.05) is 17.5 Å². The quantitative estimate of drug-likeness (QED) is 0.725. The highest BCUT2D eigenvalue weighted by Crippen LogP contribution is 2.10. The van der Waals surface area contributed by atoms with Gasteiger partial charge in [-0.25, -0.2) is 0 Å². The summed E-state index contributed by atoms with van der Waals surface area (Å²) in [4.78, 5) is 1.20. The van der Waals surface area contributed by atoms with Gasteiger partial charge in [-0.3, -0.25) is 0 Å². The molecule has 0 radical (unpaired) electrons. The molecule has 0 aliphatic rings. The number of hydrogen-bond acceptors (Lipinski definition) is 4. The highest BCUT2D eigenvalue weighted by Gasteiger charge is 2.11. The lowest BCUT2D eigenvalue weighted by molar-refractivity contribution is 0.0280. The number of nitrogens with one attached hydrogen (secondary N) is 1. The molecule has 0 aromatic carbocycles. The smallest absolute Gasteiger partial charge is 0.0897 e. The molecule has 18 heavy (non-hydrogen) atoms. The van der Waals surface area contributed by atoms with E-state index in [1.807, 2.05) is 17.5 Å². The molecule has 1 aromatic heterocycles. The van der Waals surface area contributed by atoms with E-state index in [0.29, 0.717) is 31.7 Å². The molecule has 0 aliphatic carbocycles. The van der Waals surface area contributed by atoms with Crippen molar-refractivity contribution >= 4 is 11.3 Å². The molecule has 4 heteroatoms. The normalized spacial score (nSPS) is 16.4. The molecule has 3 atom stereocenters. The van der Waals surface area contributed by atoms with Gasteiger partial charge in [0.15, 0.2) is 0 Å². The molecule has 104 valence electrons. The fraction of sp³-hybridized carbons (Fsp3) is 0.714. The summed E-state index contributed by atoms with van der Waals surface area (Å²) < 4.78 is 5.48. The van der Waals surface area contributed by atoms with Crippen molar-refractivity contribution in [1.82, 2.24) is 5.32 Å². The summed E-state index contributed by atoms with van der Waals surface area (Å²) in [6.07, 6.45) is 0.718. The lowest BCUT2D eigenvalue weighted by atomic mass is 10.0. The third kappa shape index (κ3) is 5.96. The molecule has 2 N–H and O–H groups in total. The molecule has 1 rings (SSSR count). The van der Waals surface area contributed by atoms with Crippen molar-refractivity contribution in [3.8, 4) is 0 Å². The molecule has 0 aliphatic heterocycles. The second kappa shape index (κ2) is 8.64. The Morgan fingerprint density at radius 3 is 2.83 bits per heavy atom. The van der Waals surface area contributed by atoms with Crippen LogP contribution < -0.4 is 5.32 Å². The maximum absolute atomic E-state index is 9.80. The number of ether oxygens (including phenoxy) is 1. The first kappa shape index (κ1) is 15.6. The van der Waals surface area contributed by atoms with E-state index in [1.165, 1.54) is 4.88 Å². The van der Waals surface area contributed by atoms with E-state index < -0.39 is 6.10 Å². The zero-order valence-electron chi connectivity index (χ0n) is 11.6. The van der Waals surface area contributed by atoms with Gasteiger partial charge in [0.25, 0.3) is 0 Å². The molecule has 0 saturated carbocycles. The predicted molar refractivity (Wildman–Crippen MR) is 76.9 cm³/mol. The molecular formula is C14H25NO2S. The second-order valence-electron chi connectivity index (χ2n) is 4.83.